The maximum Gasteiger partial charge on any atom is 0.0531 e. The Kier molecular flexibility index (Phi) is 4.91. The van der Waals surface area contributed by atoms with Gasteiger partial charge in [0.25, 0.3) is 0 Å². The summed E-state index contributed by atoms with van der Waals surface area (Å²) in [5, 5.41) is 0. The zero-order valence-electron chi connectivity index (χ0n) is 7.33. The van der Waals surface area contributed by atoms with Crippen LogP contribution in [0.25, 0.3) is 0 Å². The summed E-state index contributed by atoms with van der Waals surface area (Å²) in [5.41, 5.74) is 0. The topological polar surface area (TPSA) is 12.4 Å². The third-order valence-corrected chi connectivity index (χ3v) is 1.58. The van der Waals surface area contributed by atoms with Crippen LogP contribution in [-0.4, -0.2) is 12.3 Å². The van der Waals surface area contributed by atoms with Gasteiger partial charge < -0.3 is 0 Å². The minimum atomic E-state index is 0.486. The Balaban J connectivity index is 0.000000371. The van der Waals surface area contributed by atoms with E-state index in [0.717, 1.165) is 0 Å². The van der Waals surface area contributed by atoms with Gasteiger partial charge in [-0.3, -0.25) is 4.99 Å². The summed E-state index contributed by atoms with van der Waals surface area (Å²) in [5.74, 6) is 0.625. The van der Waals surface area contributed by atoms with Crippen LogP contribution < -0.4 is 0 Å². The van der Waals surface area contributed by atoms with Crippen molar-refractivity contribution in [2.75, 3.05) is 0 Å². The molecule has 0 aliphatic carbocycles. The maximum absolute atomic E-state index is 4.20. The lowest BCUT2D eigenvalue weighted by Gasteiger charge is -2.13. The van der Waals surface area contributed by atoms with Crippen molar-refractivity contribution in [3.63, 3.8) is 0 Å². The molecule has 0 saturated heterocycles. The van der Waals surface area contributed by atoms with Crippen LogP contribution in [0.1, 0.15) is 27.7 Å². The van der Waals surface area contributed by atoms with Gasteiger partial charge in [-0.05, 0) is 18.9 Å². The minimum Gasteiger partial charge on any atom is -0.290 e. The van der Waals surface area contributed by atoms with E-state index in [1.165, 1.54) is 0 Å². The van der Waals surface area contributed by atoms with E-state index in [1.807, 2.05) is 26.1 Å². The van der Waals surface area contributed by atoms with Gasteiger partial charge in [-0.1, -0.05) is 26.8 Å². The zero-order valence-corrected chi connectivity index (χ0v) is 7.33. The van der Waals surface area contributed by atoms with Gasteiger partial charge in [0.15, 0.2) is 0 Å². The van der Waals surface area contributed by atoms with Gasteiger partial charge in [0.2, 0.25) is 0 Å². The molecule has 0 N–H and O–H groups in total. The molecule has 0 radical (unpaired) electrons. The second-order valence-corrected chi connectivity index (χ2v) is 2.28. The van der Waals surface area contributed by atoms with Crippen molar-refractivity contribution in [3.05, 3.63) is 12.2 Å². The van der Waals surface area contributed by atoms with E-state index < -0.39 is 0 Å². The Morgan fingerprint density at radius 3 is 2.10 bits per heavy atom. The smallest absolute Gasteiger partial charge is 0.0531 e. The van der Waals surface area contributed by atoms with Gasteiger partial charge in [-0.15, -0.1) is 0 Å². The summed E-state index contributed by atoms with van der Waals surface area (Å²) in [4.78, 5) is 4.20. The molecule has 1 nitrogen and oxygen atoms in total. The van der Waals surface area contributed by atoms with E-state index in [1.54, 1.807) is 0 Å². The van der Waals surface area contributed by atoms with Crippen LogP contribution in [0.15, 0.2) is 17.1 Å². The first kappa shape index (κ1) is 9.41. The van der Waals surface area contributed by atoms with Gasteiger partial charge in [0.1, 0.15) is 0 Å². The number of nitrogens with zero attached hydrogens (tertiary/aromatic N) is 1. The summed E-state index contributed by atoms with van der Waals surface area (Å²) < 4.78 is 0. The van der Waals surface area contributed by atoms with Gasteiger partial charge >= 0.3 is 0 Å². The molecule has 0 saturated carbocycles. The molecule has 0 bridgehead atoms. The molecular formula is C9H17N. The highest BCUT2D eigenvalue weighted by atomic mass is 14.8. The zero-order chi connectivity index (χ0) is 7.98. The fraction of sp³-hybridized carbons (Fsp3) is 0.667. The van der Waals surface area contributed by atoms with Crippen molar-refractivity contribution >= 4 is 6.21 Å². The Morgan fingerprint density at radius 2 is 1.80 bits per heavy atom. The number of dihydropyridines is 1. The SMILES string of the molecule is CC.CC1C=CC=NC1C. The first-order valence-electron chi connectivity index (χ1n) is 4.00. The standard InChI is InChI=1S/C7H11N.C2H6/c1-6-4-3-5-8-7(6)2;1-2/h3-7H,1-2H3;1-2H3. The van der Waals surface area contributed by atoms with E-state index in [-0.39, 0.29) is 0 Å². The maximum atomic E-state index is 4.20. The second kappa shape index (κ2) is 5.21. The molecule has 10 heavy (non-hydrogen) atoms. The number of aliphatic imine (C=N–C) groups is 1. The molecule has 2 atom stereocenters. The van der Waals surface area contributed by atoms with E-state index in [9.17, 15) is 0 Å². The average Bonchev–Trinajstić information content (AvgIpc) is 2.00. The first-order valence-corrected chi connectivity index (χ1v) is 4.00. The van der Waals surface area contributed by atoms with E-state index in [0.29, 0.717) is 12.0 Å². The largest absolute Gasteiger partial charge is 0.290 e. The number of allylic oxidation sites excluding steroid dienone is 1. The van der Waals surface area contributed by atoms with Crippen LogP contribution in [0, 0.1) is 5.92 Å². The van der Waals surface area contributed by atoms with Crippen LogP contribution in [0.5, 0.6) is 0 Å². The summed E-state index contributed by atoms with van der Waals surface area (Å²) in [6, 6.07) is 0.486. The molecule has 1 heteroatoms. The van der Waals surface area contributed by atoms with Gasteiger partial charge in [-0.2, -0.15) is 0 Å². The lowest BCUT2D eigenvalue weighted by atomic mass is 10.0. The van der Waals surface area contributed by atoms with Crippen LogP contribution in [0.3, 0.4) is 0 Å². The Morgan fingerprint density at radius 1 is 1.20 bits per heavy atom. The summed E-state index contributed by atoms with van der Waals surface area (Å²) >= 11 is 0. The van der Waals surface area contributed by atoms with E-state index >= 15 is 0 Å². The van der Waals surface area contributed by atoms with Crippen LogP contribution >= 0.6 is 0 Å². The average molecular weight is 139 g/mol. The van der Waals surface area contributed by atoms with E-state index in [4.69, 9.17) is 0 Å². The van der Waals surface area contributed by atoms with Crippen molar-refractivity contribution in [2.24, 2.45) is 10.9 Å². The fourth-order valence-corrected chi connectivity index (χ4v) is 0.707. The number of rotatable bonds is 0. The molecule has 58 valence electrons. The predicted molar refractivity (Wildman–Crippen MR) is 47.6 cm³/mol. The lowest BCUT2D eigenvalue weighted by molar-refractivity contribution is 0.581. The quantitative estimate of drug-likeness (QED) is 0.489. The third-order valence-electron chi connectivity index (χ3n) is 1.58. The van der Waals surface area contributed by atoms with Crippen molar-refractivity contribution in [1.82, 2.24) is 0 Å². The highest BCUT2D eigenvalue weighted by Gasteiger charge is 2.07. The molecular weight excluding hydrogens is 122 g/mol. The van der Waals surface area contributed by atoms with Gasteiger partial charge in [0, 0.05) is 6.21 Å². The van der Waals surface area contributed by atoms with E-state index in [2.05, 4.69) is 24.9 Å². The van der Waals surface area contributed by atoms with Gasteiger partial charge in [-0.25, -0.2) is 0 Å². The highest BCUT2D eigenvalue weighted by molar-refractivity contribution is 5.72. The van der Waals surface area contributed by atoms with Crippen molar-refractivity contribution < 1.29 is 0 Å². The molecule has 0 aromatic heterocycles. The molecule has 0 aromatic carbocycles. The Hall–Kier alpha value is -0.590. The molecule has 0 fully saturated rings. The summed E-state index contributed by atoms with van der Waals surface area (Å²) in [6.07, 6.45) is 6.05. The van der Waals surface area contributed by atoms with Crippen LogP contribution in [0.2, 0.25) is 0 Å². The lowest BCUT2D eigenvalue weighted by Crippen LogP contribution is -2.11. The van der Waals surface area contributed by atoms with Gasteiger partial charge in [0.05, 0.1) is 6.04 Å². The normalized spacial score (nSPS) is 29.2. The molecule has 1 heterocycles. The third kappa shape index (κ3) is 2.81. The molecule has 0 aromatic rings. The first-order chi connectivity index (χ1) is 4.80. The molecule has 1 aliphatic heterocycles. The van der Waals surface area contributed by atoms with Crippen molar-refractivity contribution in [3.8, 4) is 0 Å². The summed E-state index contributed by atoms with van der Waals surface area (Å²) in [7, 11) is 0. The number of hydrogen-bond donors (Lipinski definition) is 0. The molecule has 0 spiro atoms. The Bertz CT molecular complexity index is 109. The predicted octanol–water partition coefficient (Wildman–Crippen LogP) is 2.68. The minimum absolute atomic E-state index is 0.486. The van der Waals surface area contributed by atoms with Crippen molar-refractivity contribution in [2.45, 2.75) is 33.7 Å². The second-order valence-electron chi connectivity index (χ2n) is 2.28. The van der Waals surface area contributed by atoms with Crippen LogP contribution in [-0.2, 0) is 0 Å². The molecule has 1 aliphatic rings. The monoisotopic (exact) mass is 139 g/mol. The number of hydrogen-bond acceptors (Lipinski definition) is 1. The molecule has 1 rings (SSSR count). The highest BCUT2D eigenvalue weighted by Crippen LogP contribution is 2.10. The van der Waals surface area contributed by atoms with Crippen molar-refractivity contribution in [1.29, 1.82) is 0 Å². The fourth-order valence-electron chi connectivity index (χ4n) is 0.707. The Labute approximate surface area is 63.9 Å². The van der Waals surface area contributed by atoms with Crippen LogP contribution in [0.4, 0.5) is 0 Å². The summed E-state index contributed by atoms with van der Waals surface area (Å²) in [6.45, 7) is 8.31. The molecule has 0 amide bonds. The molecule has 2 unspecified atom stereocenters.